The summed E-state index contributed by atoms with van der Waals surface area (Å²) in [5.74, 6) is 1.35. The van der Waals surface area contributed by atoms with E-state index in [0.717, 1.165) is 50.5 Å². The molecule has 0 bridgehead atoms. The SMILES string of the molecule is CCCNc1ccnc(N2CCN(c3ccc(C#N)cc3OC)CC2)c1C(=O)N(C)C. The molecular formula is C23H30N6O2. The summed E-state index contributed by atoms with van der Waals surface area (Å²) >= 11 is 0. The van der Waals surface area contributed by atoms with Crippen LogP contribution in [0.25, 0.3) is 0 Å². The molecule has 8 nitrogen and oxygen atoms in total. The summed E-state index contributed by atoms with van der Waals surface area (Å²) in [5.41, 5.74) is 2.98. The van der Waals surface area contributed by atoms with Gasteiger partial charge in [-0.05, 0) is 24.6 Å². The number of carbonyl (C=O) groups excluding carboxylic acids is 1. The number of amides is 1. The third kappa shape index (κ3) is 4.82. The Morgan fingerprint density at radius 1 is 1.23 bits per heavy atom. The fourth-order valence-electron chi connectivity index (χ4n) is 3.70. The topological polar surface area (TPSA) is 84.7 Å². The molecule has 1 aliphatic rings. The van der Waals surface area contributed by atoms with Crippen molar-refractivity contribution >= 4 is 23.1 Å². The number of piperazine rings is 1. The van der Waals surface area contributed by atoms with Gasteiger partial charge in [-0.2, -0.15) is 5.26 Å². The Kier molecular flexibility index (Phi) is 7.19. The van der Waals surface area contributed by atoms with Gasteiger partial charge in [-0.3, -0.25) is 4.79 Å². The zero-order valence-electron chi connectivity index (χ0n) is 18.7. The predicted molar refractivity (Wildman–Crippen MR) is 123 cm³/mol. The van der Waals surface area contributed by atoms with Crippen molar-refractivity contribution in [2.45, 2.75) is 13.3 Å². The lowest BCUT2D eigenvalue weighted by Gasteiger charge is -2.38. The van der Waals surface area contributed by atoms with Gasteiger partial charge in [0.2, 0.25) is 0 Å². The standard InChI is InChI=1S/C23H30N6O2/c1-5-9-25-18-8-10-26-22(21(18)23(30)27(2)3)29-13-11-28(12-14-29)19-7-6-17(16-24)15-20(19)31-4/h6-8,10,15H,5,9,11-14H2,1-4H3,(H,25,26). The van der Waals surface area contributed by atoms with Crippen LogP contribution in [-0.2, 0) is 0 Å². The van der Waals surface area contributed by atoms with E-state index in [1.54, 1.807) is 38.4 Å². The van der Waals surface area contributed by atoms with Crippen LogP contribution in [0.15, 0.2) is 30.5 Å². The number of rotatable bonds is 7. The van der Waals surface area contributed by atoms with E-state index in [4.69, 9.17) is 10.00 Å². The highest BCUT2D eigenvalue weighted by molar-refractivity contribution is 6.04. The molecule has 0 radical (unpaired) electrons. The van der Waals surface area contributed by atoms with Crippen molar-refractivity contribution in [1.29, 1.82) is 5.26 Å². The minimum absolute atomic E-state index is 0.0575. The average molecular weight is 423 g/mol. The zero-order valence-corrected chi connectivity index (χ0v) is 18.7. The fourth-order valence-corrected chi connectivity index (χ4v) is 3.70. The van der Waals surface area contributed by atoms with Crippen LogP contribution in [0.2, 0.25) is 0 Å². The lowest BCUT2D eigenvalue weighted by Crippen LogP contribution is -2.47. The van der Waals surface area contributed by atoms with Gasteiger partial charge in [0.05, 0.1) is 30.1 Å². The molecule has 0 aliphatic carbocycles. The quantitative estimate of drug-likeness (QED) is 0.734. The number of carbonyl (C=O) groups is 1. The number of methoxy groups -OCH3 is 1. The van der Waals surface area contributed by atoms with E-state index in [0.29, 0.717) is 22.7 Å². The van der Waals surface area contributed by atoms with E-state index in [2.05, 4.69) is 33.1 Å². The molecule has 2 heterocycles. The molecule has 0 atom stereocenters. The first-order chi connectivity index (χ1) is 15.0. The van der Waals surface area contributed by atoms with Gasteiger partial charge in [-0.15, -0.1) is 0 Å². The van der Waals surface area contributed by atoms with Gasteiger partial charge in [0.15, 0.2) is 0 Å². The highest BCUT2D eigenvalue weighted by atomic mass is 16.5. The van der Waals surface area contributed by atoms with Crippen LogP contribution in [0.4, 0.5) is 17.2 Å². The van der Waals surface area contributed by atoms with Crippen LogP contribution >= 0.6 is 0 Å². The van der Waals surface area contributed by atoms with E-state index in [-0.39, 0.29) is 5.91 Å². The van der Waals surface area contributed by atoms with E-state index in [9.17, 15) is 4.79 Å². The van der Waals surface area contributed by atoms with Crippen LogP contribution < -0.4 is 19.9 Å². The second-order valence-corrected chi connectivity index (χ2v) is 7.66. The van der Waals surface area contributed by atoms with E-state index in [1.807, 2.05) is 18.2 Å². The van der Waals surface area contributed by atoms with Crippen LogP contribution in [0.3, 0.4) is 0 Å². The summed E-state index contributed by atoms with van der Waals surface area (Å²) in [6.45, 7) is 5.85. The number of nitrogens with one attached hydrogen (secondary N) is 1. The number of aromatic nitrogens is 1. The molecule has 0 saturated carbocycles. The molecule has 0 spiro atoms. The van der Waals surface area contributed by atoms with Crippen molar-refractivity contribution in [3.05, 3.63) is 41.6 Å². The lowest BCUT2D eigenvalue weighted by atomic mass is 10.1. The Hall–Kier alpha value is -3.47. The number of benzene rings is 1. The summed E-state index contributed by atoms with van der Waals surface area (Å²) < 4.78 is 5.51. The van der Waals surface area contributed by atoms with Gasteiger partial charge in [-0.1, -0.05) is 6.92 Å². The number of anilines is 3. The molecule has 1 amide bonds. The molecule has 1 saturated heterocycles. The monoisotopic (exact) mass is 422 g/mol. The van der Waals surface area contributed by atoms with Crippen LogP contribution in [0.5, 0.6) is 5.75 Å². The number of hydrogen-bond acceptors (Lipinski definition) is 7. The fraction of sp³-hybridized carbons (Fsp3) is 0.435. The molecule has 2 aromatic rings. The first-order valence-corrected chi connectivity index (χ1v) is 10.5. The third-order valence-electron chi connectivity index (χ3n) is 5.35. The molecule has 1 aromatic carbocycles. The largest absolute Gasteiger partial charge is 0.495 e. The molecular weight excluding hydrogens is 392 g/mol. The van der Waals surface area contributed by atoms with Gasteiger partial charge in [-0.25, -0.2) is 4.98 Å². The van der Waals surface area contributed by atoms with E-state index >= 15 is 0 Å². The molecule has 31 heavy (non-hydrogen) atoms. The Labute approximate surface area is 184 Å². The van der Waals surface area contributed by atoms with E-state index in [1.165, 1.54) is 0 Å². The predicted octanol–water partition coefficient (Wildman–Crippen LogP) is 2.81. The van der Waals surface area contributed by atoms with Crippen molar-refractivity contribution in [3.8, 4) is 11.8 Å². The first-order valence-electron chi connectivity index (χ1n) is 10.5. The minimum atomic E-state index is -0.0575. The number of nitrogens with zero attached hydrogens (tertiary/aromatic N) is 5. The Morgan fingerprint density at radius 3 is 2.55 bits per heavy atom. The summed E-state index contributed by atoms with van der Waals surface area (Å²) in [5, 5.41) is 12.5. The Morgan fingerprint density at radius 2 is 1.94 bits per heavy atom. The highest BCUT2D eigenvalue weighted by Crippen LogP contribution is 2.32. The van der Waals surface area contributed by atoms with Crippen molar-refractivity contribution in [2.75, 3.05) is 69.0 Å². The van der Waals surface area contributed by atoms with Crippen LogP contribution in [-0.4, -0.2) is 69.7 Å². The van der Waals surface area contributed by atoms with Crippen molar-refractivity contribution < 1.29 is 9.53 Å². The average Bonchev–Trinajstić information content (AvgIpc) is 2.81. The second kappa shape index (κ2) is 10.0. The first kappa shape index (κ1) is 22.2. The lowest BCUT2D eigenvalue weighted by molar-refractivity contribution is 0.0828. The number of hydrogen-bond donors (Lipinski definition) is 1. The summed E-state index contributed by atoms with van der Waals surface area (Å²) in [6.07, 6.45) is 2.73. The third-order valence-corrected chi connectivity index (χ3v) is 5.35. The van der Waals surface area contributed by atoms with Crippen molar-refractivity contribution in [3.63, 3.8) is 0 Å². The van der Waals surface area contributed by atoms with Gasteiger partial charge >= 0.3 is 0 Å². The Bertz CT molecular complexity index is 961. The highest BCUT2D eigenvalue weighted by Gasteiger charge is 2.27. The summed E-state index contributed by atoms with van der Waals surface area (Å²) in [7, 11) is 5.14. The minimum Gasteiger partial charge on any atom is -0.495 e. The maximum Gasteiger partial charge on any atom is 0.259 e. The van der Waals surface area contributed by atoms with Gasteiger partial charge in [0, 0.05) is 59.1 Å². The maximum absolute atomic E-state index is 13.0. The molecule has 1 aromatic heterocycles. The van der Waals surface area contributed by atoms with Crippen molar-refractivity contribution in [2.24, 2.45) is 0 Å². The molecule has 1 fully saturated rings. The van der Waals surface area contributed by atoms with Crippen LogP contribution in [0, 0.1) is 11.3 Å². The normalized spacial score (nSPS) is 13.5. The van der Waals surface area contributed by atoms with E-state index < -0.39 is 0 Å². The molecule has 0 unspecified atom stereocenters. The molecule has 8 heteroatoms. The second-order valence-electron chi connectivity index (χ2n) is 7.66. The molecule has 1 N–H and O–H groups in total. The van der Waals surface area contributed by atoms with Gasteiger partial charge < -0.3 is 24.8 Å². The summed E-state index contributed by atoms with van der Waals surface area (Å²) in [4.78, 5) is 23.6. The van der Waals surface area contributed by atoms with Crippen LogP contribution in [0.1, 0.15) is 29.3 Å². The zero-order chi connectivity index (χ0) is 22.4. The van der Waals surface area contributed by atoms with Crippen molar-refractivity contribution in [1.82, 2.24) is 9.88 Å². The maximum atomic E-state index is 13.0. The van der Waals surface area contributed by atoms with Gasteiger partial charge in [0.25, 0.3) is 5.91 Å². The molecule has 164 valence electrons. The molecule has 1 aliphatic heterocycles. The number of ether oxygens (including phenoxy) is 1. The number of nitriles is 1. The molecule has 3 rings (SSSR count). The smallest absolute Gasteiger partial charge is 0.259 e. The van der Waals surface area contributed by atoms with Gasteiger partial charge in [0.1, 0.15) is 17.1 Å². The number of pyridine rings is 1. The Balaban J connectivity index is 1.84. The summed E-state index contributed by atoms with van der Waals surface area (Å²) in [6, 6.07) is 9.52.